The van der Waals surface area contributed by atoms with E-state index in [1.54, 1.807) is 0 Å². The van der Waals surface area contributed by atoms with Crippen LogP contribution in [0.5, 0.6) is 0 Å². The molecule has 2 N–H and O–H groups in total. The van der Waals surface area contributed by atoms with Crippen LogP contribution in [0, 0.1) is 11.7 Å². The van der Waals surface area contributed by atoms with Crippen molar-refractivity contribution in [3.8, 4) is 0 Å². The van der Waals surface area contributed by atoms with Gasteiger partial charge >= 0.3 is 0 Å². The van der Waals surface area contributed by atoms with Gasteiger partial charge in [-0.25, -0.2) is 17.5 Å². The first-order valence-electron chi connectivity index (χ1n) is 6.95. The van der Waals surface area contributed by atoms with Crippen LogP contribution < -0.4 is 10.0 Å². The Kier molecular flexibility index (Phi) is 4.78. The molecule has 1 saturated carbocycles. The third-order valence-corrected chi connectivity index (χ3v) is 4.97. The number of rotatable bonds is 7. The molecule has 0 bridgehead atoms. The molecule has 0 heterocycles. The SMILES string of the molecule is CCCNCc1cc(S(=O)(=O)NC2CC2C)ccc1F. The van der Waals surface area contributed by atoms with Crippen molar-refractivity contribution in [2.75, 3.05) is 6.54 Å². The Hall–Kier alpha value is -0.980. The van der Waals surface area contributed by atoms with E-state index < -0.39 is 10.0 Å². The third-order valence-electron chi connectivity index (χ3n) is 3.49. The predicted octanol–water partition coefficient (Wildman–Crippen LogP) is 2.01. The van der Waals surface area contributed by atoms with Gasteiger partial charge in [-0.2, -0.15) is 0 Å². The summed E-state index contributed by atoms with van der Waals surface area (Å²) in [5.74, 6) is 0.00302. The minimum Gasteiger partial charge on any atom is -0.313 e. The van der Waals surface area contributed by atoms with E-state index in [0.717, 1.165) is 19.4 Å². The molecule has 4 nitrogen and oxygen atoms in total. The molecule has 0 amide bonds. The number of hydrogen-bond donors (Lipinski definition) is 2. The molecule has 0 aliphatic heterocycles. The van der Waals surface area contributed by atoms with Crippen LogP contribution in [0.25, 0.3) is 0 Å². The molecular weight excluding hydrogens is 279 g/mol. The molecule has 1 aliphatic rings. The van der Waals surface area contributed by atoms with Crippen LogP contribution >= 0.6 is 0 Å². The van der Waals surface area contributed by atoms with Crippen molar-refractivity contribution in [3.05, 3.63) is 29.6 Å². The summed E-state index contributed by atoms with van der Waals surface area (Å²) in [5, 5.41) is 3.08. The minimum absolute atomic E-state index is 0.0201. The fourth-order valence-electron chi connectivity index (χ4n) is 2.01. The van der Waals surface area contributed by atoms with Crippen LogP contribution in [0.15, 0.2) is 23.1 Å². The Labute approximate surface area is 119 Å². The summed E-state index contributed by atoms with van der Waals surface area (Å²) >= 11 is 0. The van der Waals surface area contributed by atoms with Gasteiger partial charge in [0.05, 0.1) is 4.90 Å². The van der Waals surface area contributed by atoms with Crippen molar-refractivity contribution in [1.29, 1.82) is 0 Å². The van der Waals surface area contributed by atoms with E-state index >= 15 is 0 Å². The zero-order valence-electron chi connectivity index (χ0n) is 11.8. The van der Waals surface area contributed by atoms with Gasteiger partial charge in [0.15, 0.2) is 0 Å². The van der Waals surface area contributed by atoms with Crippen LogP contribution in [-0.2, 0) is 16.6 Å². The Bertz CT molecular complexity index is 575. The van der Waals surface area contributed by atoms with Gasteiger partial charge < -0.3 is 5.32 Å². The van der Waals surface area contributed by atoms with Gasteiger partial charge in [-0.3, -0.25) is 0 Å². The molecule has 20 heavy (non-hydrogen) atoms. The topological polar surface area (TPSA) is 58.2 Å². The van der Waals surface area contributed by atoms with E-state index in [9.17, 15) is 12.8 Å². The second-order valence-electron chi connectivity index (χ2n) is 5.37. The molecule has 1 fully saturated rings. The predicted molar refractivity (Wildman–Crippen MR) is 76.3 cm³/mol. The molecule has 2 atom stereocenters. The van der Waals surface area contributed by atoms with Crippen molar-refractivity contribution >= 4 is 10.0 Å². The first kappa shape index (κ1) is 15.4. The largest absolute Gasteiger partial charge is 0.313 e. The average molecular weight is 300 g/mol. The molecule has 2 rings (SSSR count). The molecule has 2 unspecified atom stereocenters. The minimum atomic E-state index is -3.54. The maximum Gasteiger partial charge on any atom is 0.240 e. The van der Waals surface area contributed by atoms with Crippen LogP contribution in [0.3, 0.4) is 0 Å². The lowest BCUT2D eigenvalue weighted by atomic mass is 10.2. The fraction of sp³-hybridized carbons (Fsp3) is 0.571. The quantitative estimate of drug-likeness (QED) is 0.757. The Balaban J connectivity index is 2.13. The summed E-state index contributed by atoms with van der Waals surface area (Å²) in [5.41, 5.74) is 0.380. The monoisotopic (exact) mass is 300 g/mol. The van der Waals surface area contributed by atoms with Crippen LogP contribution in [0.4, 0.5) is 4.39 Å². The van der Waals surface area contributed by atoms with Crippen molar-refractivity contribution in [2.45, 2.75) is 44.2 Å². The molecule has 0 radical (unpaired) electrons. The number of nitrogens with one attached hydrogen (secondary N) is 2. The highest BCUT2D eigenvalue weighted by molar-refractivity contribution is 7.89. The number of hydrogen-bond acceptors (Lipinski definition) is 3. The molecular formula is C14H21FN2O2S. The molecule has 0 aromatic heterocycles. The van der Waals surface area contributed by atoms with Gasteiger partial charge in [0.25, 0.3) is 0 Å². The summed E-state index contributed by atoms with van der Waals surface area (Å²) in [6.45, 7) is 5.13. The Morgan fingerprint density at radius 2 is 2.10 bits per heavy atom. The maximum atomic E-state index is 13.7. The second kappa shape index (κ2) is 6.20. The first-order valence-corrected chi connectivity index (χ1v) is 8.44. The van der Waals surface area contributed by atoms with E-state index in [-0.39, 0.29) is 16.8 Å². The Morgan fingerprint density at radius 1 is 1.40 bits per heavy atom. The van der Waals surface area contributed by atoms with Crippen molar-refractivity contribution in [1.82, 2.24) is 10.0 Å². The number of sulfonamides is 1. The van der Waals surface area contributed by atoms with Crippen LogP contribution in [-0.4, -0.2) is 21.0 Å². The molecule has 0 spiro atoms. The molecule has 1 aliphatic carbocycles. The zero-order chi connectivity index (χ0) is 14.8. The Morgan fingerprint density at radius 3 is 2.70 bits per heavy atom. The van der Waals surface area contributed by atoms with E-state index in [0.29, 0.717) is 18.0 Å². The lowest BCUT2D eigenvalue weighted by Crippen LogP contribution is -2.27. The highest BCUT2D eigenvalue weighted by Gasteiger charge is 2.36. The smallest absolute Gasteiger partial charge is 0.240 e. The lowest BCUT2D eigenvalue weighted by molar-refractivity contribution is 0.572. The highest BCUT2D eigenvalue weighted by atomic mass is 32.2. The normalized spacial score (nSPS) is 21.9. The lowest BCUT2D eigenvalue weighted by Gasteiger charge is -2.09. The molecule has 1 aromatic rings. The third kappa shape index (κ3) is 3.77. The van der Waals surface area contributed by atoms with E-state index in [1.165, 1.54) is 18.2 Å². The summed E-state index contributed by atoms with van der Waals surface area (Å²) in [7, 11) is -3.54. The van der Waals surface area contributed by atoms with Crippen LogP contribution in [0.1, 0.15) is 32.3 Å². The number of benzene rings is 1. The second-order valence-corrected chi connectivity index (χ2v) is 7.08. The van der Waals surface area contributed by atoms with Crippen LogP contribution in [0.2, 0.25) is 0 Å². The average Bonchev–Trinajstić information content (AvgIpc) is 3.06. The fourth-order valence-corrected chi connectivity index (χ4v) is 3.41. The highest BCUT2D eigenvalue weighted by Crippen LogP contribution is 2.30. The standard InChI is InChI=1S/C14H21FN2O2S/c1-3-6-16-9-11-8-12(4-5-13(11)15)20(18,19)17-14-7-10(14)2/h4-5,8,10,14,16-17H,3,6-7,9H2,1-2H3. The molecule has 0 saturated heterocycles. The van der Waals surface area contributed by atoms with Crippen molar-refractivity contribution < 1.29 is 12.8 Å². The van der Waals surface area contributed by atoms with Gasteiger partial charge in [0.2, 0.25) is 10.0 Å². The summed E-state index contributed by atoms with van der Waals surface area (Å²) < 4.78 is 40.6. The summed E-state index contributed by atoms with van der Waals surface area (Å²) in [6.07, 6.45) is 1.81. The first-order chi connectivity index (χ1) is 9.44. The summed E-state index contributed by atoms with van der Waals surface area (Å²) in [6, 6.07) is 3.96. The molecule has 6 heteroatoms. The van der Waals surface area contributed by atoms with E-state index in [1.807, 2.05) is 13.8 Å². The molecule has 112 valence electrons. The van der Waals surface area contributed by atoms with E-state index in [4.69, 9.17) is 0 Å². The van der Waals surface area contributed by atoms with Gasteiger partial charge in [-0.1, -0.05) is 13.8 Å². The number of halogens is 1. The van der Waals surface area contributed by atoms with E-state index in [2.05, 4.69) is 10.0 Å². The maximum absolute atomic E-state index is 13.7. The van der Waals surface area contributed by atoms with Gasteiger partial charge in [-0.05, 0) is 43.5 Å². The van der Waals surface area contributed by atoms with Crippen molar-refractivity contribution in [2.24, 2.45) is 5.92 Å². The van der Waals surface area contributed by atoms with Gasteiger partial charge in [0.1, 0.15) is 5.82 Å². The molecule has 1 aromatic carbocycles. The summed E-state index contributed by atoms with van der Waals surface area (Å²) in [4.78, 5) is 0.131. The zero-order valence-corrected chi connectivity index (χ0v) is 12.6. The van der Waals surface area contributed by atoms with Crippen molar-refractivity contribution in [3.63, 3.8) is 0 Å². The van der Waals surface area contributed by atoms with Gasteiger partial charge in [0, 0.05) is 18.2 Å². The van der Waals surface area contributed by atoms with Gasteiger partial charge in [-0.15, -0.1) is 0 Å².